The van der Waals surface area contributed by atoms with Crippen molar-refractivity contribution in [1.82, 2.24) is 4.57 Å². The Balaban J connectivity index is 0. The monoisotopic (exact) mass is 319 g/mol. The molecule has 0 bridgehead atoms. The van der Waals surface area contributed by atoms with E-state index in [0.29, 0.717) is 5.41 Å². The normalized spacial score (nSPS) is 10.7. The van der Waals surface area contributed by atoms with Crippen molar-refractivity contribution in [3.8, 4) is 0 Å². The predicted octanol–water partition coefficient (Wildman–Crippen LogP) is 7.29. The van der Waals surface area contributed by atoms with E-state index in [1.807, 2.05) is 19.9 Å². The van der Waals surface area contributed by atoms with Gasteiger partial charge in [-0.25, -0.2) is 0 Å². The fourth-order valence-electron chi connectivity index (χ4n) is 2.40. The fourth-order valence-corrected chi connectivity index (χ4v) is 2.40. The van der Waals surface area contributed by atoms with Crippen LogP contribution in [0, 0.1) is 5.41 Å². The molecule has 0 unspecified atom stereocenters. The van der Waals surface area contributed by atoms with Crippen LogP contribution in [-0.4, -0.2) is 4.57 Å². The van der Waals surface area contributed by atoms with E-state index in [1.54, 1.807) is 0 Å². The van der Waals surface area contributed by atoms with Crippen LogP contribution in [-0.2, 0) is 19.9 Å². The van der Waals surface area contributed by atoms with Gasteiger partial charge in [-0.1, -0.05) is 74.5 Å². The second kappa shape index (κ2) is 12.2. The lowest BCUT2D eigenvalue weighted by molar-refractivity contribution is 0.469. The molecule has 1 rings (SSSR count). The van der Waals surface area contributed by atoms with Crippen LogP contribution in [0.25, 0.3) is 12.2 Å². The molecule has 0 aromatic carbocycles. The highest BCUT2D eigenvalue weighted by atomic mass is 15.0. The molecule has 0 saturated carbocycles. The molecule has 1 aromatic heterocycles. The molecule has 23 heavy (non-hydrogen) atoms. The zero-order valence-electron chi connectivity index (χ0n) is 17.5. The molecule has 1 aromatic rings. The Morgan fingerprint density at radius 3 is 1.78 bits per heavy atom. The van der Waals surface area contributed by atoms with Crippen molar-refractivity contribution in [2.45, 2.75) is 81.6 Å². The number of rotatable bonds is 5. The first-order valence-corrected chi connectivity index (χ1v) is 9.16. The Hall–Kier alpha value is -1.24. The van der Waals surface area contributed by atoms with Gasteiger partial charge in [0.1, 0.15) is 0 Å². The first-order valence-electron chi connectivity index (χ1n) is 9.16. The second-order valence-corrected chi connectivity index (χ2v) is 7.09. The van der Waals surface area contributed by atoms with E-state index in [0.717, 1.165) is 12.8 Å². The molecule has 0 aliphatic heterocycles. The minimum absolute atomic E-state index is 0.500. The van der Waals surface area contributed by atoms with Crippen molar-refractivity contribution < 1.29 is 0 Å². The van der Waals surface area contributed by atoms with Gasteiger partial charge in [-0.3, -0.25) is 0 Å². The molecule has 0 saturated heterocycles. The summed E-state index contributed by atoms with van der Waals surface area (Å²) in [5.41, 5.74) is 6.09. The van der Waals surface area contributed by atoms with Crippen molar-refractivity contribution >= 4 is 12.2 Å². The fraction of sp³-hybridized carbons (Fsp3) is 0.636. The van der Waals surface area contributed by atoms with Crippen molar-refractivity contribution in [2.24, 2.45) is 12.5 Å². The molecule has 0 fully saturated rings. The van der Waals surface area contributed by atoms with Crippen LogP contribution >= 0.6 is 0 Å². The van der Waals surface area contributed by atoms with Crippen LogP contribution < -0.4 is 0 Å². The first-order chi connectivity index (χ1) is 10.7. The van der Waals surface area contributed by atoms with Crippen LogP contribution in [0.15, 0.2) is 12.7 Å². The lowest BCUT2D eigenvalue weighted by atomic mass is 10.0. The molecule has 0 N–H and O–H groups in total. The maximum atomic E-state index is 3.93. The smallest absolute Gasteiger partial charge is 0.0440 e. The molecule has 0 amide bonds. The average Bonchev–Trinajstić information content (AvgIpc) is 2.72. The van der Waals surface area contributed by atoms with Gasteiger partial charge in [-0.05, 0) is 48.5 Å². The summed E-state index contributed by atoms with van der Waals surface area (Å²) in [6, 6.07) is 0. The maximum Gasteiger partial charge on any atom is 0.0440 e. The van der Waals surface area contributed by atoms with Crippen LogP contribution in [0.3, 0.4) is 0 Å². The third-order valence-electron chi connectivity index (χ3n) is 3.08. The Morgan fingerprint density at radius 1 is 1.00 bits per heavy atom. The number of allylic oxidation sites excluding steroid dienone is 1. The Labute approximate surface area is 146 Å². The molecule has 0 radical (unpaired) electrons. The van der Waals surface area contributed by atoms with Crippen molar-refractivity contribution in [1.29, 1.82) is 0 Å². The van der Waals surface area contributed by atoms with Crippen LogP contribution in [0.4, 0.5) is 0 Å². The van der Waals surface area contributed by atoms with Gasteiger partial charge in [0.2, 0.25) is 0 Å². The second-order valence-electron chi connectivity index (χ2n) is 7.09. The molecule has 1 nitrogen and oxygen atoms in total. The largest absolute Gasteiger partial charge is 0.344 e. The molecule has 0 aliphatic rings. The summed E-state index contributed by atoms with van der Waals surface area (Å²) in [6.45, 7) is 23.2. The minimum atomic E-state index is 0.500. The van der Waals surface area contributed by atoms with E-state index in [1.165, 1.54) is 28.9 Å². The first kappa shape index (κ1) is 24.0. The Bertz CT molecular complexity index is 461. The van der Waals surface area contributed by atoms with Gasteiger partial charge in [-0.2, -0.15) is 0 Å². The third kappa shape index (κ3) is 8.83. The van der Waals surface area contributed by atoms with Gasteiger partial charge >= 0.3 is 0 Å². The number of aromatic nitrogens is 1. The standard InChI is InChI=1S/C15H23N.C5H12.C2H6/c1-6-10-13-12(8-3)14(9-4)16(5)15(13)11-7-2;1-5(2,3)4;1-2/h7,9,11H,4,6,8,10H2,1-3,5H3;1-4H3;1-2H3/b11-7-;;. The van der Waals surface area contributed by atoms with Crippen LogP contribution in [0.1, 0.15) is 91.2 Å². The third-order valence-corrected chi connectivity index (χ3v) is 3.08. The van der Waals surface area contributed by atoms with E-state index in [9.17, 15) is 0 Å². The highest BCUT2D eigenvalue weighted by Gasteiger charge is 2.15. The van der Waals surface area contributed by atoms with Crippen molar-refractivity contribution in [3.63, 3.8) is 0 Å². The van der Waals surface area contributed by atoms with Crippen molar-refractivity contribution in [2.75, 3.05) is 0 Å². The van der Waals surface area contributed by atoms with Gasteiger partial charge < -0.3 is 4.57 Å². The van der Waals surface area contributed by atoms with Gasteiger partial charge in [0.25, 0.3) is 0 Å². The molecule has 1 heteroatoms. The van der Waals surface area contributed by atoms with Gasteiger partial charge in [-0.15, -0.1) is 0 Å². The summed E-state index contributed by atoms with van der Waals surface area (Å²) in [6.07, 6.45) is 9.73. The lowest BCUT2D eigenvalue weighted by Gasteiger charge is -2.05. The number of hydrogen-bond acceptors (Lipinski definition) is 0. The van der Waals surface area contributed by atoms with Crippen molar-refractivity contribution in [3.05, 3.63) is 35.2 Å². The Morgan fingerprint density at radius 2 is 1.48 bits per heavy atom. The van der Waals surface area contributed by atoms with Gasteiger partial charge in [0, 0.05) is 18.4 Å². The summed E-state index contributed by atoms with van der Waals surface area (Å²) >= 11 is 0. The SMILES string of the molecule is C=Cc1c(CC)c(CCC)c(/C=C\C)n1C.CC.CC(C)(C)C. The lowest BCUT2D eigenvalue weighted by Crippen LogP contribution is -1.94. The number of hydrogen-bond donors (Lipinski definition) is 0. The summed E-state index contributed by atoms with van der Waals surface area (Å²) in [5.74, 6) is 0. The zero-order chi connectivity index (χ0) is 18.6. The van der Waals surface area contributed by atoms with E-state index >= 15 is 0 Å². The van der Waals surface area contributed by atoms with Crippen LogP contribution in [0.2, 0.25) is 0 Å². The molecular formula is C22H41N. The molecule has 0 atom stereocenters. The van der Waals surface area contributed by atoms with Crippen LogP contribution in [0.5, 0.6) is 0 Å². The van der Waals surface area contributed by atoms with Gasteiger partial charge in [0.15, 0.2) is 0 Å². The number of nitrogens with zero attached hydrogens (tertiary/aromatic N) is 1. The minimum Gasteiger partial charge on any atom is -0.344 e. The highest BCUT2D eigenvalue weighted by Crippen LogP contribution is 2.26. The van der Waals surface area contributed by atoms with E-state index in [2.05, 4.69) is 78.8 Å². The highest BCUT2D eigenvalue weighted by molar-refractivity contribution is 5.62. The topological polar surface area (TPSA) is 4.93 Å². The summed E-state index contributed by atoms with van der Waals surface area (Å²) in [5, 5.41) is 0. The maximum absolute atomic E-state index is 3.93. The summed E-state index contributed by atoms with van der Waals surface area (Å²) < 4.78 is 2.26. The van der Waals surface area contributed by atoms with Gasteiger partial charge in [0.05, 0.1) is 0 Å². The summed E-state index contributed by atoms with van der Waals surface area (Å²) in [7, 11) is 2.13. The average molecular weight is 320 g/mol. The van der Waals surface area contributed by atoms with E-state index in [-0.39, 0.29) is 0 Å². The molecular weight excluding hydrogens is 278 g/mol. The molecule has 1 heterocycles. The molecule has 0 spiro atoms. The predicted molar refractivity (Wildman–Crippen MR) is 110 cm³/mol. The Kier molecular flexibility index (Phi) is 12.8. The molecule has 134 valence electrons. The van der Waals surface area contributed by atoms with E-state index < -0.39 is 0 Å². The summed E-state index contributed by atoms with van der Waals surface area (Å²) in [4.78, 5) is 0. The quantitative estimate of drug-likeness (QED) is 0.536. The zero-order valence-corrected chi connectivity index (χ0v) is 17.5. The molecule has 0 aliphatic carbocycles. The van der Waals surface area contributed by atoms with E-state index in [4.69, 9.17) is 0 Å².